The molecule has 0 aliphatic heterocycles. The van der Waals surface area contributed by atoms with Crippen LogP contribution in [0.25, 0.3) is 33.7 Å². The van der Waals surface area contributed by atoms with Gasteiger partial charge in [0.15, 0.2) is 34.4 Å². The molecule has 0 N–H and O–H groups in total. The summed E-state index contributed by atoms with van der Waals surface area (Å²) in [6, 6.07) is 3.41. The van der Waals surface area contributed by atoms with Gasteiger partial charge < -0.3 is 0 Å². The molecule has 0 unspecified atom stereocenters. The zero-order valence-electron chi connectivity index (χ0n) is 15.9. The molecular weight excluding hydrogens is 403 g/mol. The van der Waals surface area contributed by atoms with Gasteiger partial charge in [0.2, 0.25) is 0 Å². The van der Waals surface area contributed by atoms with E-state index in [1.54, 1.807) is 0 Å². The monoisotopic (exact) mass is 415 g/mol. The summed E-state index contributed by atoms with van der Waals surface area (Å²) in [5.41, 5.74) is 3.09. The van der Waals surface area contributed by atoms with Crippen molar-refractivity contribution in [1.82, 2.24) is 19.9 Å². The molecule has 2 aliphatic carbocycles. The molecular formula is C23H12F3N5. The molecule has 5 rings (SSSR count). The lowest BCUT2D eigenvalue weighted by Crippen LogP contribution is -2.03. The van der Waals surface area contributed by atoms with Gasteiger partial charge in [0.25, 0.3) is 0 Å². The lowest BCUT2D eigenvalue weighted by Gasteiger charge is -2.07. The lowest BCUT2D eigenvalue weighted by molar-refractivity contribution is 0.447. The van der Waals surface area contributed by atoms with Crippen molar-refractivity contribution in [1.29, 1.82) is 5.26 Å². The molecule has 0 saturated carbocycles. The number of hydrogen-bond acceptors (Lipinski definition) is 5. The van der Waals surface area contributed by atoms with E-state index in [9.17, 15) is 18.4 Å². The molecule has 1 aromatic carbocycles. The fraction of sp³-hybridized carbons (Fsp3) is 0.0870. The van der Waals surface area contributed by atoms with Crippen LogP contribution >= 0.6 is 0 Å². The Morgan fingerprint density at radius 3 is 1.90 bits per heavy atom. The van der Waals surface area contributed by atoms with E-state index in [0.717, 1.165) is 29.7 Å². The maximum absolute atomic E-state index is 13.7. The predicted octanol–water partition coefficient (Wildman–Crippen LogP) is 5.06. The van der Waals surface area contributed by atoms with Crippen LogP contribution in [0, 0.1) is 28.8 Å². The average molecular weight is 415 g/mol. The van der Waals surface area contributed by atoms with Crippen LogP contribution in [0.2, 0.25) is 0 Å². The van der Waals surface area contributed by atoms with Gasteiger partial charge >= 0.3 is 0 Å². The highest BCUT2D eigenvalue weighted by Crippen LogP contribution is 2.39. The summed E-state index contributed by atoms with van der Waals surface area (Å²) in [7, 11) is 0. The molecule has 3 aromatic rings. The SMILES string of the molecule is N#Cc1nc2nc3c(nc2nc1-c1cc(F)c(F)c(F)c1)/C1=C/C=C\C/C=C\C=C\3C1. The van der Waals surface area contributed by atoms with Crippen LogP contribution in [-0.4, -0.2) is 19.9 Å². The standard InChI is InChI=1S/C23H12F3N5/c24-15-9-14(10-16(25)18(15)26)19-17(11-27)28-22-23(29-19)31-21-13-7-5-3-1-2-4-6-12(8-13)20(21)30-22/h2-7,9-10H,1,8H2/b4-2-,5-3-,12-6+,13-7+. The maximum Gasteiger partial charge on any atom is 0.199 e. The van der Waals surface area contributed by atoms with Gasteiger partial charge in [0.05, 0.1) is 11.4 Å². The quantitative estimate of drug-likeness (QED) is 0.519. The number of nitrogens with zero attached hydrogens (tertiary/aromatic N) is 5. The molecule has 8 heteroatoms. The van der Waals surface area contributed by atoms with Gasteiger partial charge in [-0.3, -0.25) is 0 Å². The Morgan fingerprint density at radius 1 is 0.774 bits per heavy atom. The number of hydrogen-bond donors (Lipinski definition) is 0. The average Bonchev–Trinajstić information content (AvgIpc) is 3.09. The molecule has 0 amide bonds. The van der Waals surface area contributed by atoms with Gasteiger partial charge in [0, 0.05) is 12.0 Å². The van der Waals surface area contributed by atoms with Crippen molar-refractivity contribution in [2.75, 3.05) is 0 Å². The van der Waals surface area contributed by atoms with Crippen LogP contribution in [0.15, 0.2) is 48.6 Å². The van der Waals surface area contributed by atoms with Crippen LogP contribution in [0.4, 0.5) is 13.2 Å². The summed E-state index contributed by atoms with van der Waals surface area (Å²) in [6.45, 7) is 0. The smallest absolute Gasteiger partial charge is 0.199 e. The van der Waals surface area contributed by atoms with Crippen molar-refractivity contribution in [3.05, 3.63) is 83.1 Å². The van der Waals surface area contributed by atoms with Gasteiger partial charge in [-0.1, -0.05) is 36.5 Å². The van der Waals surface area contributed by atoms with E-state index in [0.29, 0.717) is 17.8 Å². The number of halogens is 3. The topological polar surface area (TPSA) is 75.3 Å². The molecule has 2 bridgehead atoms. The summed E-state index contributed by atoms with van der Waals surface area (Å²) in [6.07, 6.45) is 13.3. The summed E-state index contributed by atoms with van der Waals surface area (Å²) in [4.78, 5) is 17.7. The molecule has 0 saturated heterocycles. The Labute approximate surface area is 174 Å². The predicted molar refractivity (Wildman–Crippen MR) is 109 cm³/mol. The second-order valence-corrected chi connectivity index (χ2v) is 7.01. The third-order valence-corrected chi connectivity index (χ3v) is 5.01. The first-order valence-corrected chi connectivity index (χ1v) is 9.42. The molecule has 0 spiro atoms. The number of nitriles is 1. The molecule has 0 fully saturated rings. The van der Waals surface area contributed by atoms with Crippen LogP contribution in [0.3, 0.4) is 0 Å². The summed E-state index contributed by atoms with van der Waals surface area (Å²) in [5, 5.41) is 9.51. The first-order chi connectivity index (χ1) is 15.0. The molecule has 31 heavy (non-hydrogen) atoms. The van der Waals surface area contributed by atoms with Gasteiger partial charge in [-0.05, 0) is 29.7 Å². The molecule has 0 radical (unpaired) electrons. The van der Waals surface area contributed by atoms with Crippen LogP contribution < -0.4 is 0 Å². The highest BCUT2D eigenvalue weighted by Gasteiger charge is 2.26. The largest absolute Gasteiger partial charge is 0.223 e. The Morgan fingerprint density at radius 2 is 1.32 bits per heavy atom. The molecule has 2 aliphatic rings. The molecule has 0 atom stereocenters. The third-order valence-electron chi connectivity index (χ3n) is 5.01. The highest BCUT2D eigenvalue weighted by molar-refractivity contribution is 5.92. The van der Waals surface area contributed by atoms with Crippen LogP contribution in [0.5, 0.6) is 0 Å². The van der Waals surface area contributed by atoms with Crippen molar-refractivity contribution in [2.24, 2.45) is 0 Å². The van der Waals surface area contributed by atoms with Crippen molar-refractivity contribution in [3.8, 4) is 17.3 Å². The van der Waals surface area contributed by atoms with E-state index in [4.69, 9.17) is 0 Å². The molecule has 5 nitrogen and oxygen atoms in total. The normalized spacial score (nSPS) is 20.2. The second-order valence-electron chi connectivity index (χ2n) is 7.01. The van der Waals surface area contributed by atoms with E-state index in [-0.39, 0.29) is 28.2 Å². The number of rotatable bonds is 1. The first-order valence-electron chi connectivity index (χ1n) is 9.42. The first kappa shape index (κ1) is 18.9. The van der Waals surface area contributed by atoms with Crippen molar-refractivity contribution >= 4 is 22.4 Å². The van der Waals surface area contributed by atoms with E-state index in [1.807, 2.05) is 42.5 Å². The third kappa shape index (κ3) is 3.20. The molecule has 2 heterocycles. The lowest BCUT2D eigenvalue weighted by atomic mass is 10.1. The minimum Gasteiger partial charge on any atom is -0.223 e. The summed E-state index contributed by atoms with van der Waals surface area (Å²) >= 11 is 0. The van der Waals surface area contributed by atoms with E-state index in [2.05, 4.69) is 19.9 Å². The van der Waals surface area contributed by atoms with Crippen LogP contribution in [0.1, 0.15) is 29.9 Å². The van der Waals surface area contributed by atoms with Gasteiger partial charge in [0.1, 0.15) is 11.8 Å². The Balaban J connectivity index is 1.75. The zero-order chi connectivity index (χ0) is 21.5. The van der Waals surface area contributed by atoms with Crippen LogP contribution in [-0.2, 0) is 0 Å². The van der Waals surface area contributed by atoms with E-state index < -0.39 is 17.5 Å². The van der Waals surface area contributed by atoms with Crippen molar-refractivity contribution in [3.63, 3.8) is 0 Å². The minimum atomic E-state index is -1.60. The maximum atomic E-state index is 13.7. The van der Waals surface area contributed by atoms with Gasteiger partial charge in [-0.25, -0.2) is 33.1 Å². The highest BCUT2D eigenvalue weighted by atomic mass is 19.2. The fourth-order valence-corrected chi connectivity index (χ4v) is 3.56. The van der Waals surface area contributed by atoms with Gasteiger partial charge in [-0.2, -0.15) is 5.26 Å². The number of allylic oxidation sites excluding steroid dienone is 8. The number of fused-ring (bicyclic) bond motifs is 6. The zero-order valence-corrected chi connectivity index (χ0v) is 15.9. The Hall–Kier alpha value is -4.12. The Bertz CT molecular complexity index is 1400. The number of benzene rings is 1. The summed E-state index contributed by atoms with van der Waals surface area (Å²) in [5.74, 6) is -4.36. The van der Waals surface area contributed by atoms with Gasteiger partial charge in [-0.15, -0.1) is 0 Å². The molecule has 2 aromatic heterocycles. The van der Waals surface area contributed by atoms with E-state index >= 15 is 0 Å². The number of aromatic nitrogens is 4. The molecule has 150 valence electrons. The minimum absolute atomic E-state index is 0.0953. The van der Waals surface area contributed by atoms with E-state index in [1.165, 1.54) is 0 Å². The summed E-state index contributed by atoms with van der Waals surface area (Å²) < 4.78 is 40.9. The van der Waals surface area contributed by atoms with Crippen molar-refractivity contribution < 1.29 is 13.2 Å². The fourth-order valence-electron chi connectivity index (χ4n) is 3.56. The van der Waals surface area contributed by atoms with Crippen molar-refractivity contribution in [2.45, 2.75) is 12.8 Å². The second kappa shape index (κ2) is 7.29. The Kier molecular flexibility index (Phi) is 4.44.